The molecule has 0 rings (SSSR count). The molecule has 0 unspecified atom stereocenters. The summed E-state index contributed by atoms with van der Waals surface area (Å²) in [6.45, 7) is 1.99. The molecule has 0 aromatic carbocycles. The number of carboxylic acids is 1. The minimum Gasteiger partial charge on any atom is -0.481 e. The molecule has 0 aliphatic heterocycles. The van der Waals surface area contributed by atoms with Crippen LogP contribution in [-0.4, -0.2) is 34.3 Å². The summed E-state index contributed by atoms with van der Waals surface area (Å²) in [7, 11) is 0. The maximum Gasteiger partial charge on any atom is 0.307 e. The fourth-order valence-corrected chi connectivity index (χ4v) is 1.90. The molecular formula is C9H18O3S. The highest BCUT2D eigenvalue weighted by atomic mass is 32.2. The Morgan fingerprint density at radius 2 is 2.08 bits per heavy atom. The minimum absolute atomic E-state index is 0.247. The Morgan fingerprint density at radius 3 is 2.62 bits per heavy atom. The van der Waals surface area contributed by atoms with E-state index in [9.17, 15) is 4.79 Å². The smallest absolute Gasteiger partial charge is 0.307 e. The first-order valence-electron chi connectivity index (χ1n) is 4.60. The lowest BCUT2D eigenvalue weighted by molar-refractivity contribution is -0.140. The van der Waals surface area contributed by atoms with Crippen LogP contribution in [0.1, 0.15) is 26.2 Å². The van der Waals surface area contributed by atoms with E-state index in [1.807, 2.05) is 0 Å². The van der Waals surface area contributed by atoms with Crippen LogP contribution >= 0.6 is 11.8 Å². The van der Waals surface area contributed by atoms with Crippen molar-refractivity contribution in [2.24, 2.45) is 5.92 Å². The zero-order valence-corrected chi connectivity index (χ0v) is 8.85. The van der Waals surface area contributed by atoms with E-state index in [4.69, 9.17) is 10.2 Å². The van der Waals surface area contributed by atoms with Gasteiger partial charge in [0.05, 0.1) is 5.92 Å². The number of hydrogen-bond donors (Lipinski definition) is 2. The van der Waals surface area contributed by atoms with Gasteiger partial charge in [-0.3, -0.25) is 4.79 Å². The Balaban J connectivity index is 3.11. The molecule has 0 spiro atoms. The predicted molar refractivity (Wildman–Crippen MR) is 55.1 cm³/mol. The van der Waals surface area contributed by atoms with Gasteiger partial charge in [0.25, 0.3) is 0 Å². The van der Waals surface area contributed by atoms with Crippen LogP contribution in [0.15, 0.2) is 0 Å². The SMILES string of the molecule is C[C@@H](CSCCCCCO)C(=O)O. The van der Waals surface area contributed by atoms with Crippen LogP contribution in [0, 0.1) is 5.92 Å². The van der Waals surface area contributed by atoms with Crippen LogP contribution < -0.4 is 0 Å². The van der Waals surface area contributed by atoms with Gasteiger partial charge in [-0.05, 0) is 18.6 Å². The number of carboxylic acid groups (broad SMARTS) is 1. The lowest BCUT2D eigenvalue weighted by Crippen LogP contribution is -2.12. The van der Waals surface area contributed by atoms with Gasteiger partial charge in [0.2, 0.25) is 0 Å². The molecule has 0 aliphatic carbocycles. The van der Waals surface area contributed by atoms with Crippen molar-refractivity contribution in [2.75, 3.05) is 18.1 Å². The van der Waals surface area contributed by atoms with E-state index in [1.165, 1.54) is 0 Å². The molecule has 3 nitrogen and oxygen atoms in total. The van der Waals surface area contributed by atoms with E-state index in [1.54, 1.807) is 18.7 Å². The van der Waals surface area contributed by atoms with E-state index in [2.05, 4.69) is 0 Å². The fourth-order valence-electron chi connectivity index (χ4n) is 0.824. The van der Waals surface area contributed by atoms with Crippen molar-refractivity contribution in [1.82, 2.24) is 0 Å². The third kappa shape index (κ3) is 8.12. The first-order chi connectivity index (χ1) is 6.18. The molecule has 0 amide bonds. The number of aliphatic hydroxyl groups excluding tert-OH is 1. The number of carbonyl (C=O) groups is 1. The first kappa shape index (κ1) is 12.8. The van der Waals surface area contributed by atoms with Crippen LogP contribution in [0.2, 0.25) is 0 Å². The van der Waals surface area contributed by atoms with Gasteiger partial charge in [-0.2, -0.15) is 11.8 Å². The third-order valence-electron chi connectivity index (χ3n) is 1.74. The Labute approximate surface area is 83.5 Å². The quantitative estimate of drug-likeness (QED) is 0.592. The number of hydrogen-bond acceptors (Lipinski definition) is 3. The van der Waals surface area contributed by atoms with Crippen LogP contribution in [0.5, 0.6) is 0 Å². The summed E-state index contributed by atoms with van der Waals surface area (Å²) in [4.78, 5) is 10.4. The van der Waals surface area contributed by atoms with Gasteiger partial charge in [-0.1, -0.05) is 13.3 Å². The lowest BCUT2D eigenvalue weighted by atomic mass is 10.2. The third-order valence-corrected chi connectivity index (χ3v) is 3.05. The van der Waals surface area contributed by atoms with E-state index in [0.29, 0.717) is 5.75 Å². The summed E-state index contributed by atoms with van der Waals surface area (Å²) in [6, 6.07) is 0. The Hall–Kier alpha value is -0.220. The Kier molecular flexibility index (Phi) is 8.24. The average molecular weight is 206 g/mol. The molecule has 2 N–H and O–H groups in total. The maximum absolute atomic E-state index is 10.4. The van der Waals surface area contributed by atoms with Crippen LogP contribution in [-0.2, 0) is 4.79 Å². The van der Waals surface area contributed by atoms with Crippen molar-refractivity contribution in [3.05, 3.63) is 0 Å². The molecule has 13 heavy (non-hydrogen) atoms. The second kappa shape index (κ2) is 8.38. The van der Waals surface area contributed by atoms with Crippen LogP contribution in [0.25, 0.3) is 0 Å². The van der Waals surface area contributed by atoms with Crippen molar-refractivity contribution in [3.8, 4) is 0 Å². The number of thioether (sulfide) groups is 1. The van der Waals surface area contributed by atoms with Crippen LogP contribution in [0.3, 0.4) is 0 Å². The monoisotopic (exact) mass is 206 g/mol. The molecule has 0 aromatic heterocycles. The predicted octanol–water partition coefficient (Wildman–Crippen LogP) is 1.60. The van der Waals surface area contributed by atoms with Gasteiger partial charge in [0.15, 0.2) is 0 Å². The molecule has 0 saturated carbocycles. The van der Waals surface area contributed by atoms with Gasteiger partial charge in [0, 0.05) is 12.4 Å². The summed E-state index contributed by atoms with van der Waals surface area (Å²) >= 11 is 1.68. The molecule has 1 atom stereocenters. The molecule has 0 radical (unpaired) electrons. The van der Waals surface area contributed by atoms with Crippen molar-refractivity contribution in [3.63, 3.8) is 0 Å². The summed E-state index contributed by atoms with van der Waals surface area (Å²) in [5.74, 6) is 0.720. The number of aliphatic hydroxyl groups is 1. The average Bonchev–Trinajstić information content (AvgIpc) is 2.10. The molecule has 0 aliphatic rings. The van der Waals surface area contributed by atoms with Gasteiger partial charge in [-0.25, -0.2) is 0 Å². The summed E-state index contributed by atoms with van der Waals surface area (Å²) in [6.07, 6.45) is 2.96. The van der Waals surface area contributed by atoms with Gasteiger partial charge in [0.1, 0.15) is 0 Å². The van der Waals surface area contributed by atoms with E-state index in [0.717, 1.165) is 25.0 Å². The van der Waals surface area contributed by atoms with Crippen molar-refractivity contribution < 1.29 is 15.0 Å². The summed E-state index contributed by atoms with van der Waals surface area (Å²) in [5.41, 5.74) is 0. The van der Waals surface area contributed by atoms with Crippen LogP contribution in [0.4, 0.5) is 0 Å². The number of unbranched alkanes of at least 4 members (excludes halogenated alkanes) is 2. The topological polar surface area (TPSA) is 57.5 Å². The van der Waals surface area contributed by atoms with Crippen molar-refractivity contribution >= 4 is 17.7 Å². The standard InChI is InChI=1S/C9H18O3S/c1-8(9(11)12)7-13-6-4-2-3-5-10/h8,10H,2-7H2,1H3,(H,11,12)/t8-/m0/s1. The summed E-state index contributed by atoms with van der Waals surface area (Å²) in [5, 5.41) is 17.1. The first-order valence-corrected chi connectivity index (χ1v) is 5.75. The zero-order valence-electron chi connectivity index (χ0n) is 8.03. The van der Waals surface area contributed by atoms with Gasteiger partial charge < -0.3 is 10.2 Å². The molecule has 4 heteroatoms. The number of rotatable bonds is 8. The minimum atomic E-state index is -0.720. The number of aliphatic carboxylic acids is 1. The highest BCUT2D eigenvalue weighted by molar-refractivity contribution is 7.99. The Morgan fingerprint density at radius 1 is 1.38 bits per heavy atom. The largest absolute Gasteiger partial charge is 0.481 e. The van der Waals surface area contributed by atoms with Crippen molar-refractivity contribution in [2.45, 2.75) is 26.2 Å². The van der Waals surface area contributed by atoms with E-state index >= 15 is 0 Å². The van der Waals surface area contributed by atoms with Gasteiger partial charge >= 0.3 is 5.97 Å². The lowest BCUT2D eigenvalue weighted by Gasteiger charge is -2.04. The molecule has 0 heterocycles. The molecule has 0 aromatic rings. The second-order valence-electron chi connectivity index (χ2n) is 3.10. The highest BCUT2D eigenvalue weighted by Gasteiger charge is 2.09. The van der Waals surface area contributed by atoms with E-state index < -0.39 is 5.97 Å². The Bertz CT molecular complexity index is 139. The molecule has 78 valence electrons. The molecule has 0 fully saturated rings. The molecular weight excluding hydrogens is 188 g/mol. The maximum atomic E-state index is 10.4. The molecule has 0 bridgehead atoms. The van der Waals surface area contributed by atoms with Crippen molar-refractivity contribution in [1.29, 1.82) is 0 Å². The fraction of sp³-hybridized carbons (Fsp3) is 0.889. The normalized spacial score (nSPS) is 12.8. The molecule has 0 saturated heterocycles. The van der Waals surface area contributed by atoms with Gasteiger partial charge in [-0.15, -0.1) is 0 Å². The van der Waals surface area contributed by atoms with E-state index in [-0.39, 0.29) is 12.5 Å². The second-order valence-corrected chi connectivity index (χ2v) is 4.25. The summed E-state index contributed by atoms with van der Waals surface area (Å²) < 4.78 is 0. The zero-order chi connectivity index (χ0) is 10.1. The highest BCUT2D eigenvalue weighted by Crippen LogP contribution is 2.11.